The second-order valence-electron chi connectivity index (χ2n) is 1.76. The van der Waals surface area contributed by atoms with E-state index < -0.39 is 0 Å². The number of hydrogen-bond donors (Lipinski definition) is 2. The largest absolute Gasteiger partial charge is 0.516 e. The van der Waals surface area contributed by atoms with E-state index in [0.29, 0.717) is 12.6 Å². The monoisotopic (exact) mass is 131 g/mol. The first-order valence-electron chi connectivity index (χ1n) is 2.92. The summed E-state index contributed by atoms with van der Waals surface area (Å²) in [5, 5.41) is 7.81. The molecule has 1 fully saturated rings. The van der Waals surface area contributed by atoms with Gasteiger partial charge in [0.2, 0.25) is 0 Å². The van der Waals surface area contributed by atoms with Crippen molar-refractivity contribution in [2.75, 3.05) is 13.2 Å². The van der Waals surface area contributed by atoms with E-state index in [1.165, 1.54) is 6.08 Å². The van der Waals surface area contributed by atoms with E-state index in [9.17, 15) is 0 Å². The molecule has 1 aliphatic heterocycles. The molecule has 0 aromatic heterocycles. The average molecular weight is 131 g/mol. The van der Waals surface area contributed by atoms with Gasteiger partial charge in [0.25, 0.3) is 0 Å². The van der Waals surface area contributed by atoms with Crippen LogP contribution in [0.3, 0.4) is 0 Å². The topological polar surface area (TPSA) is 58.8 Å². The van der Waals surface area contributed by atoms with Gasteiger partial charge in [-0.15, -0.1) is 0 Å². The van der Waals surface area contributed by atoms with Crippen molar-refractivity contribution in [3.63, 3.8) is 0 Å². The number of rotatable bonds is 1. The zero-order chi connectivity index (χ0) is 7.11. The molecule has 0 aromatic rings. The minimum atomic E-state index is 0.413. The predicted octanol–water partition coefficient (Wildman–Crippen LogP) is 0.422. The Balaban J connectivity index is 0.000000144. The number of ether oxygens (including phenoxy) is 1. The van der Waals surface area contributed by atoms with Crippen molar-refractivity contribution < 1.29 is 9.84 Å². The fourth-order valence-electron chi connectivity index (χ4n) is 0.157. The molecule has 0 aliphatic carbocycles. The smallest absolute Gasteiger partial charge is 0.0781 e. The highest BCUT2D eigenvalue weighted by Crippen LogP contribution is 2.04. The highest BCUT2D eigenvalue weighted by Gasteiger charge is 2.13. The standard InChI is InChI=1S/C3H7NO.C3H6O/c4-2-1-3-5;1-3-2-4-3/h1,3,5H,2,4H2;3H,2H2,1H3. The van der Waals surface area contributed by atoms with Crippen LogP contribution in [0.15, 0.2) is 12.3 Å². The highest BCUT2D eigenvalue weighted by molar-refractivity contribution is 4.70. The number of aliphatic hydroxyl groups is 1. The van der Waals surface area contributed by atoms with E-state index in [1.807, 2.05) is 0 Å². The number of nitrogens with two attached hydrogens (primary N) is 1. The molecule has 1 aliphatic rings. The van der Waals surface area contributed by atoms with Gasteiger partial charge in [0, 0.05) is 6.54 Å². The van der Waals surface area contributed by atoms with Crippen molar-refractivity contribution in [1.29, 1.82) is 0 Å². The molecule has 0 bridgehead atoms. The molecule has 3 nitrogen and oxygen atoms in total. The van der Waals surface area contributed by atoms with E-state index in [0.717, 1.165) is 12.9 Å². The summed E-state index contributed by atoms with van der Waals surface area (Å²) >= 11 is 0. The number of epoxide rings is 1. The van der Waals surface area contributed by atoms with Crippen LogP contribution in [0.1, 0.15) is 6.92 Å². The summed E-state index contributed by atoms with van der Waals surface area (Å²) in [5.74, 6) is 0. The minimum absolute atomic E-state index is 0.413. The van der Waals surface area contributed by atoms with E-state index in [4.69, 9.17) is 15.6 Å². The van der Waals surface area contributed by atoms with Crippen LogP contribution in [0.25, 0.3) is 0 Å². The molecule has 1 rings (SSSR count). The van der Waals surface area contributed by atoms with Crippen LogP contribution < -0.4 is 5.73 Å². The van der Waals surface area contributed by atoms with Crippen molar-refractivity contribution in [3.8, 4) is 0 Å². The Labute approximate surface area is 55.1 Å². The Morgan fingerprint density at radius 3 is 2.33 bits per heavy atom. The van der Waals surface area contributed by atoms with Crippen LogP contribution in [0.2, 0.25) is 0 Å². The van der Waals surface area contributed by atoms with E-state index in [-0.39, 0.29) is 0 Å². The molecule has 54 valence electrons. The molecule has 0 spiro atoms. The Hall–Kier alpha value is -0.540. The Morgan fingerprint density at radius 2 is 2.33 bits per heavy atom. The lowest BCUT2D eigenvalue weighted by Gasteiger charge is -1.67. The van der Waals surface area contributed by atoms with Crippen molar-refractivity contribution in [3.05, 3.63) is 12.3 Å². The van der Waals surface area contributed by atoms with Gasteiger partial charge < -0.3 is 15.6 Å². The van der Waals surface area contributed by atoms with Crippen LogP contribution in [-0.4, -0.2) is 24.4 Å². The molecule has 0 saturated carbocycles. The molecule has 9 heavy (non-hydrogen) atoms. The van der Waals surface area contributed by atoms with Crippen LogP contribution in [0.4, 0.5) is 0 Å². The lowest BCUT2D eigenvalue weighted by molar-refractivity contribution is 0.423. The summed E-state index contributed by atoms with van der Waals surface area (Å²) in [6, 6.07) is 0. The third-order valence-corrected chi connectivity index (χ3v) is 0.741. The number of aliphatic hydroxyl groups excluding tert-OH is 1. The van der Waals surface area contributed by atoms with Gasteiger partial charge in [-0.25, -0.2) is 0 Å². The van der Waals surface area contributed by atoms with E-state index >= 15 is 0 Å². The average Bonchev–Trinajstić information content (AvgIpc) is 2.55. The lowest BCUT2D eigenvalue weighted by Crippen LogP contribution is -1.91. The Morgan fingerprint density at radius 1 is 1.89 bits per heavy atom. The number of hydrogen-bond acceptors (Lipinski definition) is 3. The van der Waals surface area contributed by atoms with Crippen LogP contribution >= 0.6 is 0 Å². The highest BCUT2D eigenvalue weighted by atomic mass is 16.6. The van der Waals surface area contributed by atoms with Gasteiger partial charge >= 0.3 is 0 Å². The maximum Gasteiger partial charge on any atom is 0.0781 e. The van der Waals surface area contributed by atoms with E-state index in [2.05, 4.69) is 6.92 Å². The second kappa shape index (κ2) is 5.59. The second-order valence-corrected chi connectivity index (χ2v) is 1.76. The van der Waals surface area contributed by atoms with Crippen LogP contribution in [0.5, 0.6) is 0 Å². The fourth-order valence-corrected chi connectivity index (χ4v) is 0.157. The third kappa shape index (κ3) is 11.2. The van der Waals surface area contributed by atoms with Crippen LogP contribution in [-0.2, 0) is 4.74 Å². The molecule has 1 unspecified atom stereocenters. The minimum Gasteiger partial charge on any atom is -0.516 e. The summed E-state index contributed by atoms with van der Waals surface area (Å²) in [6.07, 6.45) is 2.97. The van der Waals surface area contributed by atoms with Gasteiger partial charge in [0.1, 0.15) is 0 Å². The SMILES string of the molecule is CC1CO1.NCC=CO. The molecule has 1 atom stereocenters. The van der Waals surface area contributed by atoms with Crippen molar-refractivity contribution in [2.24, 2.45) is 5.73 Å². The van der Waals surface area contributed by atoms with Gasteiger partial charge in [-0.2, -0.15) is 0 Å². The maximum absolute atomic E-state index is 7.81. The molecule has 0 amide bonds. The van der Waals surface area contributed by atoms with Gasteiger partial charge in [0.15, 0.2) is 0 Å². The molecule has 0 radical (unpaired) electrons. The summed E-state index contributed by atoms with van der Waals surface area (Å²) in [5.41, 5.74) is 4.89. The molecular weight excluding hydrogens is 118 g/mol. The summed E-state index contributed by atoms with van der Waals surface area (Å²) in [6.45, 7) is 3.45. The van der Waals surface area contributed by atoms with Crippen molar-refractivity contribution in [1.82, 2.24) is 0 Å². The van der Waals surface area contributed by atoms with Gasteiger partial charge in [0.05, 0.1) is 19.0 Å². The third-order valence-electron chi connectivity index (χ3n) is 0.741. The molecule has 3 N–H and O–H groups in total. The summed E-state index contributed by atoms with van der Waals surface area (Å²) in [7, 11) is 0. The zero-order valence-electron chi connectivity index (χ0n) is 5.58. The van der Waals surface area contributed by atoms with Crippen molar-refractivity contribution >= 4 is 0 Å². The molecule has 1 heterocycles. The van der Waals surface area contributed by atoms with Crippen LogP contribution in [0, 0.1) is 0 Å². The fraction of sp³-hybridized carbons (Fsp3) is 0.667. The maximum atomic E-state index is 7.81. The van der Waals surface area contributed by atoms with Gasteiger partial charge in [-0.1, -0.05) is 0 Å². The molecule has 0 aromatic carbocycles. The van der Waals surface area contributed by atoms with E-state index in [1.54, 1.807) is 0 Å². The lowest BCUT2D eigenvalue weighted by atomic mass is 10.6. The summed E-state index contributed by atoms with van der Waals surface area (Å²) < 4.78 is 4.71. The first-order valence-corrected chi connectivity index (χ1v) is 2.92. The first-order chi connectivity index (χ1) is 4.31. The molecular formula is C6H13NO2. The summed E-state index contributed by atoms with van der Waals surface area (Å²) in [4.78, 5) is 0. The molecule has 3 heteroatoms. The Kier molecular flexibility index (Phi) is 5.26. The predicted molar refractivity (Wildman–Crippen MR) is 36.2 cm³/mol. The normalized spacial score (nSPS) is 23.1. The van der Waals surface area contributed by atoms with Gasteiger partial charge in [-0.3, -0.25) is 0 Å². The first kappa shape index (κ1) is 8.46. The zero-order valence-corrected chi connectivity index (χ0v) is 5.58. The Bertz CT molecular complexity index is 79.1. The van der Waals surface area contributed by atoms with Crippen molar-refractivity contribution in [2.45, 2.75) is 13.0 Å². The molecule has 1 saturated heterocycles. The quantitative estimate of drug-likeness (QED) is 0.400. The van der Waals surface area contributed by atoms with Gasteiger partial charge in [-0.05, 0) is 13.0 Å².